The topological polar surface area (TPSA) is 60.7 Å². The van der Waals surface area contributed by atoms with Crippen LogP contribution < -0.4 is 9.47 Å². The highest BCUT2D eigenvalue weighted by molar-refractivity contribution is 5.43. The van der Waals surface area contributed by atoms with Crippen molar-refractivity contribution in [1.82, 2.24) is 0 Å². The molecule has 98 valence electrons. The fourth-order valence-corrected chi connectivity index (χ4v) is 1.39. The van der Waals surface area contributed by atoms with E-state index in [0.717, 1.165) is 5.56 Å². The van der Waals surface area contributed by atoms with Crippen molar-refractivity contribution in [3.8, 4) is 17.6 Å². The summed E-state index contributed by atoms with van der Waals surface area (Å²) in [5, 5.41) is 8.57. The summed E-state index contributed by atoms with van der Waals surface area (Å²) in [5.41, 5.74) is 1.02. The Labute approximate surface area is 107 Å². The second-order valence-corrected chi connectivity index (χ2v) is 3.54. The minimum Gasteiger partial charge on any atom is -0.464 e. The van der Waals surface area contributed by atoms with Crippen LogP contribution in [-0.2, 0) is 15.9 Å². The summed E-state index contributed by atoms with van der Waals surface area (Å²) in [7, 11) is 3.10. The zero-order valence-electron chi connectivity index (χ0n) is 10.6. The van der Waals surface area contributed by atoms with Gasteiger partial charge in [-0.2, -0.15) is 5.26 Å². The maximum atomic E-state index is 8.57. The van der Waals surface area contributed by atoms with Gasteiger partial charge in [0.1, 0.15) is 0 Å². The number of methoxy groups -OCH3 is 2. The number of aryl methyl sites for hydroxylation is 1. The lowest BCUT2D eigenvalue weighted by Crippen LogP contribution is -2.04. The number of nitrogens with zero attached hydrogens (tertiary/aromatic N) is 1. The van der Waals surface area contributed by atoms with E-state index >= 15 is 0 Å². The first-order chi connectivity index (χ1) is 8.81. The molecule has 0 atom stereocenters. The van der Waals surface area contributed by atoms with E-state index in [1.807, 2.05) is 12.1 Å². The average molecular weight is 251 g/mol. The van der Waals surface area contributed by atoms with Gasteiger partial charge in [-0.1, -0.05) is 6.07 Å². The summed E-state index contributed by atoms with van der Waals surface area (Å²) < 4.78 is 20.5. The van der Waals surface area contributed by atoms with E-state index in [-0.39, 0.29) is 13.6 Å². The van der Waals surface area contributed by atoms with Crippen LogP contribution in [0.1, 0.15) is 12.0 Å². The smallest absolute Gasteiger partial charge is 0.188 e. The predicted octanol–water partition coefficient (Wildman–Crippen LogP) is 2.11. The van der Waals surface area contributed by atoms with Crippen LogP contribution in [0.2, 0.25) is 0 Å². The molecule has 0 aliphatic carbocycles. The highest BCUT2D eigenvalue weighted by atomic mass is 16.7. The Morgan fingerprint density at radius 1 is 1.06 bits per heavy atom. The maximum Gasteiger partial charge on any atom is 0.188 e. The fourth-order valence-electron chi connectivity index (χ4n) is 1.39. The molecule has 5 heteroatoms. The molecule has 0 unspecified atom stereocenters. The molecule has 0 saturated carbocycles. The first-order valence-corrected chi connectivity index (χ1v) is 5.55. The normalized spacial score (nSPS) is 9.83. The molecular weight excluding hydrogens is 234 g/mol. The zero-order valence-corrected chi connectivity index (χ0v) is 10.6. The summed E-state index contributed by atoms with van der Waals surface area (Å²) in [6, 6.07) is 7.67. The SMILES string of the molecule is COCOc1ccc(CCC#N)cc1OCOC. The Bertz CT molecular complexity index is 400. The van der Waals surface area contributed by atoms with Crippen molar-refractivity contribution in [2.75, 3.05) is 27.8 Å². The molecule has 0 heterocycles. The molecule has 0 N–H and O–H groups in total. The molecule has 1 aromatic rings. The predicted molar refractivity (Wildman–Crippen MR) is 65.4 cm³/mol. The first kappa shape index (κ1) is 14.3. The first-order valence-electron chi connectivity index (χ1n) is 5.55. The van der Waals surface area contributed by atoms with Crippen molar-refractivity contribution < 1.29 is 18.9 Å². The van der Waals surface area contributed by atoms with Crippen molar-refractivity contribution in [2.45, 2.75) is 12.8 Å². The number of rotatable bonds is 8. The molecule has 0 spiro atoms. The van der Waals surface area contributed by atoms with Gasteiger partial charge in [0.2, 0.25) is 0 Å². The zero-order chi connectivity index (χ0) is 13.2. The van der Waals surface area contributed by atoms with Crippen LogP contribution in [0.4, 0.5) is 0 Å². The molecule has 18 heavy (non-hydrogen) atoms. The van der Waals surface area contributed by atoms with E-state index in [4.69, 9.17) is 24.2 Å². The van der Waals surface area contributed by atoms with E-state index in [2.05, 4.69) is 6.07 Å². The van der Waals surface area contributed by atoms with E-state index < -0.39 is 0 Å². The van der Waals surface area contributed by atoms with E-state index in [1.54, 1.807) is 20.3 Å². The van der Waals surface area contributed by atoms with Crippen molar-refractivity contribution in [2.24, 2.45) is 0 Å². The van der Waals surface area contributed by atoms with Crippen LogP contribution in [0.3, 0.4) is 0 Å². The second kappa shape index (κ2) is 8.34. The van der Waals surface area contributed by atoms with Crippen LogP contribution >= 0.6 is 0 Å². The highest BCUT2D eigenvalue weighted by Gasteiger charge is 2.07. The molecule has 0 bridgehead atoms. The summed E-state index contributed by atoms with van der Waals surface area (Å²) >= 11 is 0. The summed E-state index contributed by atoms with van der Waals surface area (Å²) in [6.45, 7) is 0.298. The van der Waals surface area contributed by atoms with Gasteiger partial charge in [0.25, 0.3) is 0 Å². The van der Waals surface area contributed by atoms with Gasteiger partial charge in [-0.3, -0.25) is 0 Å². The van der Waals surface area contributed by atoms with Gasteiger partial charge >= 0.3 is 0 Å². The van der Waals surface area contributed by atoms with Gasteiger partial charge in [-0.15, -0.1) is 0 Å². The van der Waals surface area contributed by atoms with Crippen LogP contribution in [0, 0.1) is 11.3 Å². The minimum atomic E-state index is 0.144. The molecule has 0 aromatic heterocycles. The Morgan fingerprint density at radius 2 is 1.72 bits per heavy atom. The molecule has 0 aliphatic heterocycles. The Morgan fingerprint density at radius 3 is 2.33 bits per heavy atom. The largest absolute Gasteiger partial charge is 0.464 e. The third-order valence-electron chi connectivity index (χ3n) is 2.20. The van der Waals surface area contributed by atoms with Crippen molar-refractivity contribution >= 4 is 0 Å². The number of benzene rings is 1. The lowest BCUT2D eigenvalue weighted by atomic mass is 10.1. The van der Waals surface area contributed by atoms with Gasteiger partial charge < -0.3 is 18.9 Å². The lowest BCUT2D eigenvalue weighted by molar-refractivity contribution is 0.0322. The molecule has 0 amide bonds. The molecule has 0 saturated heterocycles. The van der Waals surface area contributed by atoms with Gasteiger partial charge in [0, 0.05) is 20.6 Å². The molecule has 0 aliphatic rings. The second-order valence-electron chi connectivity index (χ2n) is 3.54. The number of hydrogen-bond acceptors (Lipinski definition) is 5. The van der Waals surface area contributed by atoms with Gasteiger partial charge in [-0.05, 0) is 24.1 Å². The average Bonchev–Trinajstić information content (AvgIpc) is 2.41. The van der Waals surface area contributed by atoms with E-state index in [0.29, 0.717) is 24.3 Å². The summed E-state index contributed by atoms with van der Waals surface area (Å²) in [5.74, 6) is 1.18. The minimum absolute atomic E-state index is 0.144. The van der Waals surface area contributed by atoms with Gasteiger partial charge in [0.05, 0.1) is 6.07 Å². The van der Waals surface area contributed by atoms with Gasteiger partial charge in [-0.25, -0.2) is 0 Å². The van der Waals surface area contributed by atoms with Crippen LogP contribution in [0.15, 0.2) is 18.2 Å². The Kier molecular flexibility index (Phi) is 6.62. The third-order valence-corrected chi connectivity index (χ3v) is 2.20. The van der Waals surface area contributed by atoms with E-state index in [1.165, 1.54) is 0 Å². The fraction of sp³-hybridized carbons (Fsp3) is 0.462. The summed E-state index contributed by atoms with van der Waals surface area (Å²) in [6.07, 6.45) is 1.16. The van der Waals surface area contributed by atoms with E-state index in [9.17, 15) is 0 Å². The van der Waals surface area contributed by atoms with Crippen molar-refractivity contribution in [3.05, 3.63) is 23.8 Å². The molecule has 1 rings (SSSR count). The van der Waals surface area contributed by atoms with Crippen LogP contribution in [0.25, 0.3) is 0 Å². The monoisotopic (exact) mass is 251 g/mol. The molecule has 1 aromatic carbocycles. The molecule has 5 nitrogen and oxygen atoms in total. The molecular formula is C13H17NO4. The standard InChI is InChI=1S/C13H17NO4/c1-15-9-17-12-6-5-11(4-3-7-14)8-13(12)18-10-16-2/h5-6,8H,3-4,9-10H2,1-2H3. The maximum absolute atomic E-state index is 8.57. The summed E-state index contributed by atoms with van der Waals surface area (Å²) in [4.78, 5) is 0. The Balaban J connectivity index is 2.78. The Hall–Kier alpha value is -1.77. The number of hydrogen-bond donors (Lipinski definition) is 0. The van der Waals surface area contributed by atoms with Crippen molar-refractivity contribution in [3.63, 3.8) is 0 Å². The van der Waals surface area contributed by atoms with Crippen LogP contribution in [0.5, 0.6) is 11.5 Å². The molecule has 0 fully saturated rings. The third kappa shape index (κ3) is 4.62. The quantitative estimate of drug-likeness (QED) is 0.662. The number of nitriles is 1. The highest BCUT2D eigenvalue weighted by Crippen LogP contribution is 2.29. The van der Waals surface area contributed by atoms with Crippen molar-refractivity contribution in [1.29, 1.82) is 5.26 Å². The number of ether oxygens (including phenoxy) is 4. The van der Waals surface area contributed by atoms with Gasteiger partial charge in [0.15, 0.2) is 25.1 Å². The lowest BCUT2D eigenvalue weighted by Gasteiger charge is -2.12. The van der Waals surface area contributed by atoms with Crippen LogP contribution in [-0.4, -0.2) is 27.8 Å². The molecule has 0 radical (unpaired) electrons.